The monoisotopic (exact) mass is 281 g/mol. The summed E-state index contributed by atoms with van der Waals surface area (Å²) in [5.74, 6) is -0.523. The van der Waals surface area contributed by atoms with Gasteiger partial charge in [0, 0.05) is 17.3 Å². The van der Waals surface area contributed by atoms with E-state index in [2.05, 4.69) is 4.98 Å². The van der Waals surface area contributed by atoms with E-state index in [4.69, 9.17) is 0 Å². The second-order valence-corrected chi connectivity index (χ2v) is 4.90. The van der Waals surface area contributed by atoms with Crippen LogP contribution in [0.25, 0.3) is 22.4 Å². The average molecular weight is 281 g/mol. The molecule has 0 aliphatic rings. The van der Waals surface area contributed by atoms with Crippen molar-refractivity contribution in [2.45, 2.75) is 6.92 Å². The summed E-state index contributed by atoms with van der Waals surface area (Å²) in [4.78, 5) is 4.46. The van der Waals surface area contributed by atoms with E-state index in [0.717, 1.165) is 27.9 Å². The molecule has 0 fully saturated rings. The molecule has 0 saturated carbocycles. The van der Waals surface area contributed by atoms with Crippen molar-refractivity contribution in [3.05, 3.63) is 78.0 Å². The fourth-order valence-corrected chi connectivity index (χ4v) is 2.28. The first kappa shape index (κ1) is 13.4. The Kier molecular flexibility index (Phi) is 3.48. The summed E-state index contributed by atoms with van der Waals surface area (Å²) < 4.78 is 25.9. The molecule has 0 unspecified atom stereocenters. The van der Waals surface area contributed by atoms with Crippen molar-refractivity contribution in [1.82, 2.24) is 4.98 Å². The summed E-state index contributed by atoms with van der Waals surface area (Å²) in [5, 5.41) is 0. The lowest BCUT2D eigenvalue weighted by molar-refractivity contribution is 0.627. The summed E-state index contributed by atoms with van der Waals surface area (Å²) in [6, 6.07) is 14.6. The SMILES string of the molecule is Cc1cc(-c2ccc(F)cc2)cnc1-c1ccc(F)cc1. The molecule has 1 heterocycles. The molecule has 3 rings (SSSR count). The third-order valence-corrected chi connectivity index (χ3v) is 3.37. The molecule has 0 saturated heterocycles. The Labute approximate surface area is 121 Å². The molecule has 1 nitrogen and oxygen atoms in total. The van der Waals surface area contributed by atoms with E-state index in [-0.39, 0.29) is 11.6 Å². The van der Waals surface area contributed by atoms with E-state index >= 15 is 0 Å². The van der Waals surface area contributed by atoms with Crippen molar-refractivity contribution in [3.8, 4) is 22.4 Å². The summed E-state index contributed by atoms with van der Waals surface area (Å²) in [6.07, 6.45) is 1.75. The predicted octanol–water partition coefficient (Wildman–Crippen LogP) is 5.00. The Bertz CT molecular complexity index is 762. The molecule has 0 bridgehead atoms. The Hall–Kier alpha value is -2.55. The van der Waals surface area contributed by atoms with Crippen LogP contribution in [-0.2, 0) is 0 Å². The van der Waals surface area contributed by atoms with Gasteiger partial charge in [0.05, 0.1) is 5.69 Å². The maximum atomic E-state index is 13.0. The Balaban J connectivity index is 1.99. The molecule has 3 heteroatoms. The number of nitrogens with zero attached hydrogens (tertiary/aromatic N) is 1. The molecule has 104 valence electrons. The van der Waals surface area contributed by atoms with Gasteiger partial charge in [0.15, 0.2) is 0 Å². The lowest BCUT2D eigenvalue weighted by Crippen LogP contribution is -1.90. The molecule has 0 N–H and O–H groups in total. The summed E-state index contributed by atoms with van der Waals surface area (Å²) >= 11 is 0. The topological polar surface area (TPSA) is 12.9 Å². The van der Waals surface area contributed by atoms with Crippen molar-refractivity contribution >= 4 is 0 Å². The second kappa shape index (κ2) is 5.44. The summed E-state index contributed by atoms with van der Waals surface area (Å²) in [7, 11) is 0. The van der Waals surface area contributed by atoms with Crippen molar-refractivity contribution in [2.75, 3.05) is 0 Å². The molecule has 21 heavy (non-hydrogen) atoms. The molecule has 0 aliphatic carbocycles. The lowest BCUT2D eigenvalue weighted by atomic mass is 10.0. The summed E-state index contributed by atoms with van der Waals surface area (Å²) in [5.41, 5.74) is 4.53. The van der Waals surface area contributed by atoms with E-state index in [1.807, 2.05) is 13.0 Å². The fraction of sp³-hybridized carbons (Fsp3) is 0.0556. The Morgan fingerprint density at radius 1 is 0.714 bits per heavy atom. The first-order valence-corrected chi connectivity index (χ1v) is 6.62. The third kappa shape index (κ3) is 2.82. The molecule has 2 aromatic carbocycles. The second-order valence-electron chi connectivity index (χ2n) is 4.90. The van der Waals surface area contributed by atoms with Crippen LogP contribution in [0.5, 0.6) is 0 Å². The molecule has 3 aromatic rings. The van der Waals surface area contributed by atoms with Gasteiger partial charge in [-0.25, -0.2) is 8.78 Å². The van der Waals surface area contributed by atoms with Crippen LogP contribution in [0, 0.1) is 18.6 Å². The zero-order valence-electron chi connectivity index (χ0n) is 11.5. The van der Waals surface area contributed by atoms with E-state index < -0.39 is 0 Å². The van der Waals surface area contributed by atoms with Gasteiger partial charge in [0.2, 0.25) is 0 Å². The minimum atomic E-state index is -0.265. The van der Waals surface area contributed by atoms with Gasteiger partial charge in [-0.1, -0.05) is 12.1 Å². The maximum Gasteiger partial charge on any atom is 0.123 e. The van der Waals surface area contributed by atoms with Crippen LogP contribution in [0.3, 0.4) is 0 Å². The van der Waals surface area contributed by atoms with Gasteiger partial charge in [-0.2, -0.15) is 0 Å². The molecular formula is C18H13F2N. The van der Waals surface area contributed by atoms with Gasteiger partial charge in [-0.3, -0.25) is 4.98 Å². The van der Waals surface area contributed by atoms with Crippen LogP contribution >= 0.6 is 0 Å². The molecular weight excluding hydrogens is 268 g/mol. The van der Waals surface area contributed by atoms with E-state index in [0.29, 0.717) is 0 Å². The number of hydrogen-bond donors (Lipinski definition) is 0. The number of aromatic nitrogens is 1. The van der Waals surface area contributed by atoms with E-state index in [1.165, 1.54) is 24.3 Å². The first-order valence-electron chi connectivity index (χ1n) is 6.62. The minimum absolute atomic E-state index is 0.258. The molecule has 0 radical (unpaired) electrons. The Morgan fingerprint density at radius 2 is 1.24 bits per heavy atom. The smallest absolute Gasteiger partial charge is 0.123 e. The van der Waals surface area contributed by atoms with Gasteiger partial charge in [0.1, 0.15) is 11.6 Å². The van der Waals surface area contributed by atoms with Gasteiger partial charge < -0.3 is 0 Å². The molecule has 0 amide bonds. The normalized spacial score (nSPS) is 10.6. The zero-order valence-corrected chi connectivity index (χ0v) is 11.5. The largest absolute Gasteiger partial charge is 0.255 e. The molecule has 0 atom stereocenters. The number of halogens is 2. The zero-order chi connectivity index (χ0) is 14.8. The number of rotatable bonds is 2. The standard InChI is InChI=1S/C18H13F2N/c1-12-10-15(13-2-6-16(19)7-3-13)11-21-18(12)14-4-8-17(20)9-5-14/h2-11H,1H3. The van der Waals surface area contributed by atoms with Crippen molar-refractivity contribution in [1.29, 1.82) is 0 Å². The highest BCUT2D eigenvalue weighted by molar-refractivity contribution is 5.69. The molecule has 0 aliphatic heterocycles. The van der Waals surface area contributed by atoms with Crippen molar-refractivity contribution in [2.24, 2.45) is 0 Å². The van der Waals surface area contributed by atoms with Crippen molar-refractivity contribution in [3.63, 3.8) is 0 Å². The quantitative estimate of drug-likeness (QED) is 0.644. The third-order valence-electron chi connectivity index (χ3n) is 3.37. The van der Waals surface area contributed by atoms with Crippen LogP contribution in [0.1, 0.15) is 5.56 Å². The number of hydrogen-bond acceptors (Lipinski definition) is 1. The van der Waals surface area contributed by atoms with E-state index in [9.17, 15) is 8.78 Å². The lowest BCUT2D eigenvalue weighted by Gasteiger charge is -2.08. The van der Waals surface area contributed by atoms with Crippen LogP contribution in [-0.4, -0.2) is 4.98 Å². The van der Waals surface area contributed by atoms with Crippen LogP contribution in [0.2, 0.25) is 0 Å². The number of benzene rings is 2. The maximum absolute atomic E-state index is 13.0. The van der Waals surface area contributed by atoms with Crippen molar-refractivity contribution < 1.29 is 8.78 Å². The van der Waals surface area contributed by atoms with Crippen LogP contribution in [0.4, 0.5) is 8.78 Å². The summed E-state index contributed by atoms with van der Waals surface area (Å²) in [6.45, 7) is 1.96. The highest BCUT2D eigenvalue weighted by atomic mass is 19.1. The Morgan fingerprint density at radius 3 is 1.76 bits per heavy atom. The molecule has 0 spiro atoms. The first-order chi connectivity index (χ1) is 10.1. The van der Waals surface area contributed by atoms with Gasteiger partial charge in [-0.05, 0) is 60.5 Å². The number of pyridine rings is 1. The predicted molar refractivity (Wildman–Crippen MR) is 79.8 cm³/mol. The minimum Gasteiger partial charge on any atom is -0.255 e. The highest BCUT2D eigenvalue weighted by Crippen LogP contribution is 2.26. The van der Waals surface area contributed by atoms with E-state index in [1.54, 1.807) is 30.5 Å². The van der Waals surface area contributed by atoms with Crippen LogP contribution < -0.4 is 0 Å². The highest BCUT2D eigenvalue weighted by Gasteiger charge is 2.06. The molecule has 1 aromatic heterocycles. The number of aryl methyl sites for hydroxylation is 1. The van der Waals surface area contributed by atoms with Gasteiger partial charge >= 0.3 is 0 Å². The van der Waals surface area contributed by atoms with Gasteiger partial charge in [-0.15, -0.1) is 0 Å². The fourth-order valence-electron chi connectivity index (χ4n) is 2.28. The average Bonchev–Trinajstić information content (AvgIpc) is 2.49. The van der Waals surface area contributed by atoms with Crippen LogP contribution in [0.15, 0.2) is 60.8 Å². The van der Waals surface area contributed by atoms with Gasteiger partial charge in [0.25, 0.3) is 0 Å².